The third-order valence-corrected chi connectivity index (χ3v) is 3.70. The quantitative estimate of drug-likeness (QED) is 0.687. The molecule has 0 bridgehead atoms. The Bertz CT molecular complexity index is 830. The molecule has 0 atom stereocenters. The molecule has 0 N–H and O–H groups in total. The van der Waals surface area contributed by atoms with Crippen molar-refractivity contribution in [3.63, 3.8) is 0 Å². The molecule has 1 aromatic heterocycles. The minimum atomic E-state index is -0.410. The number of nitriles is 1. The van der Waals surface area contributed by atoms with E-state index in [0.717, 1.165) is 16.5 Å². The summed E-state index contributed by atoms with van der Waals surface area (Å²) in [4.78, 5) is 0. The highest BCUT2D eigenvalue weighted by atomic mass is 35.5. The van der Waals surface area contributed by atoms with Gasteiger partial charge in [-0.15, -0.1) is 0 Å². The maximum absolute atomic E-state index is 13.4. The summed E-state index contributed by atoms with van der Waals surface area (Å²) in [6.45, 7) is 0.492. The second kappa shape index (κ2) is 4.99. The van der Waals surface area contributed by atoms with Crippen LogP contribution in [0.15, 0.2) is 48.7 Å². The molecular formula is C16H10ClFN2. The predicted molar refractivity (Wildman–Crippen MR) is 77.2 cm³/mol. The molecule has 2 nitrogen and oxygen atoms in total. The molecule has 0 aliphatic carbocycles. The average Bonchev–Trinajstić information content (AvgIpc) is 2.86. The molecule has 0 spiro atoms. The van der Waals surface area contributed by atoms with Gasteiger partial charge in [0.1, 0.15) is 5.82 Å². The molecule has 0 fully saturated rings. The lowest BCUT2D eigenvalue weighted by Gasteiger charge is -2.08. The zero-order valence-corrected chi connectivity index (χ0v) is 11.2. The van der Waals surface area contributed by atoms with Gasteiger partial charge in [-0.2, -0.15) is 5.26 Å². The van der Waals surface area contributed by atoms with Crippen LogP contribution in [0.2, 0.25) is 5.02 Å². The summed E-state index contributed by atoms with van der Waals surface area (Å²) in [7, 11) is 0. The lowest BCUT2D eigenvalue weighted by molar-refractivity contribution is 0.624. The van der Waals surface area contributed by atoms with E-state index in [0.29, 0.717) is 12.1 Å². The van der Waals surface area contributed by atoms with E-state index >= 15 is 0 Å². The standard InChI is InChI=1S/C16H10ClFN2/c17-16-13(2-1-3-14(16)18)10-20-7-6-12-8-11(9-19)4-5-15(12)20/h1-8H,10H2. The molecule has 0 radical (unpaired) electrons. The van der Waals surface area contributed by atoms with Crippen molar-refractivity contribution in [2.24, 2.45) is 0 Å². The first-order valence-corrected chi connectivity index (χ1v) is 6.49. The van der Waals surface area contributed by atoms with Crippen molar-refractivity contribution in [3.05, 3.63) is 70.6 Å². The van der Waals surface area contributed by atoms with Gasteiger partial charge >= 0.3 is 0 Å². The zero-order valence-electron chi connectivity index (χ0n) is 10.5. The number of hydrogen-bond acceptors (Lipinski definition) is 1. The van der Waals surface area contributed by atoms with E-state index in [1.165, 1.54) is 6.07 Å². The fourth-order valence-electron chi connectivity index (χ4n) is 2.26. The minimum Gasteiger partial charge on any atom is -0.343 e. The van der Waals surface area contributed by atoms with E-state index in [9.17, 15) is 4.39 Å². The van der Waals surface area contributed by atoms with Crippen LogP contribution in [0, 0.1) is 17.1 Å². The van der Waals surface area contributed by atoms with Gasteiger partial charge in [0, 0.05) is 23.6 Å². The first-order valence-electron chi connectivity index (χ1n) is 6.11. The Kier molecular flexibility index (Phi) is 3.17. The number of rotatable bonds is 2. The Morgan fingerprint density at radius 2 is 2.05 bits per heavy atom. The van der Waals surface area contributed by atoms with Gasteiger partial charge in [-0.1, -0.05) is 23.7 Å². The predicted octanol–water partition coefficient (Wildman–Crippen LogP) is 4.35. The van der Waals surface area contributed by atoms with Gasteiger partial charge in [-0.05, 0) is 35.9 Å². The van der Waals surface area contributed by atoms with Gasteiger partial charge < -0.3 is 4.57 Å². The molecule has 2 aromatic carbocycles. The van der Waals surface area contributed by atoms with E-state index in [4.69, 9.17) is 16.9 Å². The molecule has 98 valence electrons. The smallest absolute Gasteiger partial charge is 0.142 e. The lowest BCUT2D eigenvalue weighted by Crippen LogP contribution is -1.99. The molecule has 0 saturated heterocycles. The molecule has 20 heavy (non-hydrogen) atoms. The van der Waals surface area contributed by atoms with E-state index in [1.54, 1.807) is 18.2 Å². The maximum atomic E-state index is 13.4. The van der Waals surface area contributed by atoms with Crippen LogP contribution in [0.5, 0.6) is 0 Å². The van der Waals surface area contributed by atoms with Crippen LogP contribution in [-0.4, -0.2) is 4.57 Å². The van der Waals surface area contributed by atoms with Crippen LogP contribution in [0.25, 0.3) is 10.9 Å². The van der Waals surface area contributed by atoms with Crippen molar-refractivity contribution in [1.82, 2.24) is 4.57 Å². The molecule has 0 aliphatic heterocycles. The van der Waals surface area contributed by atoms with E-state index < -0.39 is 5.82 Å². The number of nitrogens with zero attached hydrogens (tertiary/aromatic N) is 2. The molecular weight excluding hydrogens is 275 g/mol. The summed E-state index contributed by atoms with van der Waals surface area (Å²) >= 11 is 5.98. The first-order chi connectivity index (χ1) is 9.69. The SMILES string of the molecule is N#Cc1ccc2c(ccn2Cc2cccc(F)c2Cl)c1. The van der Waals surface area contributed by atoms with Gasteiger partial charge in [-0.25, -0.2) is 4.39 Å². The van der Waals surface area contributed by atoms with E-state index in [1.807, 2.05) is 29.0 Å². The van der Waals surface area contributed by atoms with Crippen molar-refractivity contribution in [2.75, 3.05) is 0 Å². The summed E-state index contributed by atoms with van der Waals surface area (Å²) in [6.07, 6.45) is 1.91. The Morgan fingerprint density at radius 1 is 1.20 bits per heavy atom. The third-order valence-electron chi connectivity index (χ3n) is 3.27. The summed E-state index contributed by atoms with van der Waals surface area (Å²) in [5.74, 6) is -0.410. The molecule has 0 aliphatic rings. The summed E-state index contributed by atoms with van der Waals surface area (Å²) in [5, 5.41) is 10.0. The van der Waals surface area contributed by atoms with Gasteiger partial charge in [0.25, 0.3) is 0 Å². The van der Waals surface area contributed by atoms with Crippen molar-refractivity contribution >= 4 is 22.5 Å². The minimum absolute atomic E-state index is 0.156. The highest BCUT2D eigenvalue weighted by Gasteiger charge is 2.08. The normalized spacial score (nSPS) is 10.7. The lowest BCUT2D eigenvalue weighted by atomic mass is 10.1. The van der Waals surface area contributed by atoms with Gasteiger partial charge in [0.2, 0.25) is 0 Å². The number of fused-ring (bicyclic) bond motifs is 1. The van der Waals surface area contributed by atoms with Crippen LogP contribution in [0.1, 0.15) is 11.1 Å². The Hall–Kier alpha value is -2.31. The molecule has 0 unspecified atom stereocenters. The van der Waals surface area contributed by atoms with E-state index in [-0.39, 0.29) is 5.02 Å². The Balaban J connectivity index is 2.03. The summed E-state index contributed by atoms with van der Waals surface area (Å²) in [6, 6.07) is 14.3. The monoisotopic (exact) mass is 284 g/mol. The second-order valence-corrected chi connectivity index (χ2v) is 4.92. The van der Waals surface area contributed by atoms with Crippen LogP contribution < -0.4 is 0 Å². The average molecular weight is 285 g/mol. The highest BCUT2D eigenvalue weighted by Crippen LogP contribution is 2.23. The van der Waals surface area contributed by atoms with Gasteiger partial charge in [0.05, 0.1) is 16.7 Å². The van der Waals surface area contributed by atoms with Gasteiger partial charge in [-0.3, -0.25) is 0 Å². The molecule has 0 amide bonds. The van der Waals surface area contributed by atoms with Crippen LogP contribution in [0.3, 0.4) is 0 Å². The first kappa shape index (κ1) is 12.7. The van der Waals surface area contributed by atoms with Crippen molar-refractivity contribution < 1.29 is 4.39 Å². The van der Waals surface area contributed by atoms with Crippen molar-refractivity contribution in [2.45, 2.75) is 6.54 Å². The fourth-order valence-corrected chi connectivity index (χ4v) is 2.45. The zero-order chi connectivity index (χ0) is 14.1. The third kappa shape index (κ3) is 2.15. The topological polar surface area (TPSA) is 28.7 Å². The molecule has 0 saturated carbocycles. The van der Waals surface area contributed by atoms with Crippen molar-refractivity contribution in [3.8, 4) is 6.07 Å². The van der Waals surface area contributed by atoms with Gasteiger partial charge in [0.15, 0.2) is 0 Å². The second-order valence-electron chi connectivity index (χ2n) is 4.54. The largest absolute Gasteiger partial charge is 0.343 e. The van der Waals surface area contributed by atoms with E-state index in [2.05, 4.69) is 6.07 Å². The number of hydrogen-bond donors (Lipinski definition) is 0. The summed E-state index contributed by atoms with van der Waals surface area (Å²) in [5.41, 5.74) is 2.34. The summed E-state index contributed by atoms with van der Waals surface area (Å²) < 4.78 is 15.4. The molecule has 1 heterocycles. The van der Waals surface area contributed by atoms with Crippen LogP contribution in [0.4, 0.5) is 4.39 Å². The fraction of sp³-hybridized carbons (Fsp3) is 0.0625. The number of halogens is 2. The maximum Gasteiger partial charge on any atom is 0.142 e. The number of aromatic nitrogens is 1. The molecule has 4 heteroatoms. The van der Waals surface area contributed by atoms with Crippen molar-refractivity contribution in [1.29, 1.82) is 5.26 Å². The Morgan fingerprint density at radius 3 is 2.85 bits per heavy atom. The number of benzene rings is 2. The molecule has 3 aromatic rings. The highest BCUT2D eigenvalue weighted by molar-refractivity contribution is 6.31. The molecule has 3 rings (SSSR count). The van der Waals surface area contributed by atoms with Crippen LogP contribution in [-0.2, 0) is 6.54 Å². The van der Waals surface area contributed by atoms with Crippen LogP contribution >= 0.6 is 11.6 Å². The Labute approximate surface area is 120 Å².